The molecule has 0 amide bonds. The maximum absolute atomic E-state index is 11.1. The van der Waals surface area contributed by atoms with Crippen LogP contribution in [0.2, 0.25) is 0 Å². The molecular formula is C10H10O5. The number of carbonyl (C=O) groups is 2. The monoisotopic (exact) mass is 210 g/mol. The predicted molar refractivity (Wildman–Crippen MR) is 50.0 cm³/mol. The molecule has 0 radical (unpaired) electrons. The fourth-order valence-electron chi connectivity index (χ4n) is 0.901. The first-order valence-corrected chi connectivity index (χ1v) is 4.16. The zero-order valence-electron chi connectivity index (χ0n) is 8.08. The smallest absolute Gasteiger partial charge is 0.389 e. The number of methoxy groups -OCH3 is 1. The highest BCUT2D eigenvalue weighted by atomic mass is 16.7. The van der Waals surface area contributed by atoms with Gasteiger partial charge in [0.25, 0.3) is 6.47 Å². The fraction of sp³-hybridized carbons (Fsp3) is 0.200. The van der Waals surface area contributed by atoms with Crippen LogP contribution in [0.25, 0.3) is 0 Å². The van der Waals surface area contributed by atoms with E-state index < -0.39 is 12.3 Å². The number of hydrogen-bond acceptors (Lipinski definition) is 5. The van der Waals surface area contributed by atoms with Crippen LogP contribution < -0.4 is 4.74 Å². The number of rotatable bonds is 5. The van der Waals surface area contributed by atoms with Gasteiger partial charge < -0.3 is 14.2 Å². The van der Waals surface area contributed by atoms with Gasteiger partial charge in [0.15, 0.2) is 0 Å². The van der Waals surface area contributed by atoms with E-state index in [9.17, 15) is 9.59 Å². The SMILES string of the molecule is COC(=O)C(OC=O)Oc1ccccc1. The Morgan fingerprint density at radius 3 is 2.53 bits per heavy atom. The van der Waals surface area contributed by atoms with Crippen molar-refractivity contribution in [1.82, 2.24) is 0 Å². The van der Waals surface area contributed by atoms with Crippen molar-refractivity contribution in [1.29, 1.82) is 0 Å². The van der Waals surface area contributed by atoms with Gasteiger partial charge in [-0.15, -0.1) is 0 Å². The van der Waals surface area contributed by atoms with Gasteiger partial charge in [-0.25, -0.2) is 4.79 Å². The predicted octanol–water partition coefficient (Wildman–Crippen LogP) is 0.737. The van der Waals surface area contributed by atoms with E-state index in [1.165, 1.54) is 7.11 Å². The molecule has 0 heterocycles. The van der Waals surface area contributed by atoms with Crippen LogP contribution >= 0.6 is 0 Å². The van der Waals surface area contributed by atoms with Crippen molar-refractivity contribution < 1.29 is 23.8 Å². The molecule has 0 saturated heterocycles. The Bertz CT molecular complexity index is 322. The van der Waals surface area contributed by atoms with Crippen molar-refractivity contribution >= 4 is 12.4 Å². The van der Waals surface area contributed by atoms with Crippen molar-refractivity contribution in [3.63, 3.8) is 0 Å². The molecule has 5 nitrogen and oxygen atoms in total. The molecule has 0 bridgehead atoms. The van der Waals surface area contributed by atoms with E-state index in [4.69, 9.17) is 4.74 Å². The molecule has 0 aliphatic carbocycles. The molecule has 0 aliphatic heterocycles. The largest absolute Gasteiger partial charge is 0.463 e. The quantitative estimate of drug-likeness (QED) is 0.407. The lowest BCUT2D eigenvalue weighted by atomic mass is 10.3. The zero-order chi connectivity index (χ0) is 11.1. The second-order valence-electron chi connectivity index (χ2n) is 2.52. The highest BCUT2D eigenvalue weighted by Crippen LogP contribution is 2.11. The lowest BCUT2D eigenvalue weighted by Gasteiger charge is -2.14. The number of ether oxygens (including phenoxy) is 3. The van der Waals surface area contributed by atoms with Crippen molar-refractivity contribution in [3.05, 3.63) is 30.3 Å². The molecule has 0 spiro atoms. The lowest BCUT2D eigenvalue weighted by molar-refractivity contribution is -0.177. The molecule has 0 aliphatic rings. The molecule has 0 fully saturated rings. The average Bonchev–Trinajstić information content (AvgIpc) is 2.29. The molecule has 5 heteroatoms. The summed E-state index contributed by atoms with van der Waals surface area (Å²) in [5, 5.41) is 0. The van der Waals surface area contributed by atoms with Crippen LogP contribution in [0.5, 0.6) is 5.75 Å². The number of esters is 1. The molecule has 0 saturated carbocycles. The maximum Gasteiger partial charge on any atom is 0.389 e. The third-order valence-corrected chi connectivity index (χ3v) is 1.56. The minimum Gasteiger partial charge on any atom is -0.463 e. The summed E-state index contributed by atoms with van der Waals surface area (Å²) in [7, 11) is 1.18. The van der Waals surface area contributed by atoms with Crippen molar-refractivity contribution in [2.75, 3.05) is 7.11 Å². The van der Waals surface area contributed by atoms with Gasteiger partial charge in [-0.3, -0.25) is 4.79 Å². The molecule has 1 aromatic carbocycles. The van der Waals surface area contributed by atoms with Crippen molar-refractivity contribution in [3.8, 4) is 5.75 Å². The van der Waals surface area contributed by atoms with Crippen LogP contribution in [0, 0.1) is 0 Å². The Morgan fingerprint density at radius 1 is 1.33 bits per heavy atom. The first kappa shape index (κ1) is 11.0. The zero-order valence-corrected chi connectivity index (χ0v) is 8.08. The van der Waals surface area contributed by atoms with Crippen LogP contribution in [-0.2, 0) is 19.1 Å². The fourth-order valence-corrected chi connectivity index (χ4v) is 0.901. The third kappa shape index (κ3) is 3.30. The van der Waals surface area contributed by atoms with Crippen molar-refractivity contribution in [2.24, 2.45) is 0 Å². The molecule has 1 rings (SSSR count). The topological polar surface area (TPSA) is 61.8 Å². The minimum atomic E-state index is -1.37. The summed E-state index contributed by atoms with van der Waals surface area (Å²) >= 11 is 0. The summed E-state index contributed by atoms with van der Waals surface area (Å²) in [6.07, 6.45) is -1.37. The standard InChI is InChI=1S/C10H10O5/c1-13-9(12)10(14-7-11)15-8-5-3-2-4-6-8/h2-7,10H,1H3. The second-order valence-corrected chi connectivity index (χ2v) is 2.52. The van der Waals surface area contributed by atoms with E-state index in [0.717, 1.165) is 0 Å². The van der Waals surface area contributed by atoms with Gasteiger partial charge in [0, 0.05) is 0 Å². The Labute approximate surface area is 86.6 Å². The van der Waals surface area contributed by atoms with E-state index in [0.29, 0.717) is 5.75 Å². The number of hydrogen-bond donors (Lipinski definition) is 0. The van der Waals surface area contributed by atoms with Gasteiger partial charge in [-0.2, -0.15) is 0 Å². The average molecular weight is 210 g/mol. The summed E-state index contributed by atoms with van der Waals surface area (Å²) in [6, 6.07) is 8.50. The van der Waals surface area contributed by atoms with E-state index in [-0.39, 0.29) is 6.47 Å². The van der Waals surface area contributed by atoms with E-state index in [1.54, 1.807) is 30.3 Å². The third-order valence-electron chi connectivity index (χ3n) is 1.56. The molecule has 0 N–H and O–H groups in total. The first-order valence-electron chi connectivity index (χ1n) is 4.16. The molecule has 1 aromatic rings. The summed E-state index contributed by atoms with van der Waals surface area (Å²) < 4.78 is 13.9. The van der Waals surface area contributed by atoms with Crippen LogP contribution in [0.15, 0.2) is 30.3 Å². The highest BCUT2D eigenvalue weighted by molar-refractivity contribution is 5.74. The molecule has 15 heavy (non-hydrogen) atoms. The first-order chi connectivity index (χ1) is 7.27. The second kappa shape index (κ2) is 5.64. The molecule has 80 valence electrons. The highest BCUT2D eigenvalue weighted by Gasteiger charge is 2.22. The van der Waals surface area contributed by atoms with Gasteiger partial charge >= 0.3 is 12.3 Å². The Hall–Kier alpha value is -2.04. The Balaban J connectivity index is 2.66. The summed E-state index contributed by atoms with van der Waals surface area (Å²) in [6.45, 7) is 0.129. The van der Waals surface area contributed by atoms with Crippen LogP contribution in [-0.4, -0.2) is 25.8 Å². The van der Waals surface area contributed by atoms with E-state index in [2.05, 4.69) is 9.47 Å². The summed E-state index contributed by atoms with van der Waals surface area (Å²) in [4.78, 5) is 21.2. The van der Waals surface area contributed by atoms with E-state index in [1.807, 2.05) is 0 Å². The summed E-state index contributed by atoms with van der Waals surface area (Å²) in [5.41, 5.74) is 0. The minimum absolute atomic E-state index is 0.129. The van der Waals surface area contributed by atoms with Gasteiger partial charge in [0.05, 0.1) is 7.11 Å². The van der Waals surface area contributed by atoms with Gasteiger partial charge in [0.2, 0.25) is 0 Å². The van der Waals surface area contributed by atoms with E-state index >= 15 is 0 Å². The number of para-hydroxylation sites is 1. The van der Waals surface area contributed by atoms with Crippen LogP contribution in [0.3, 0.4) is 0 Å². The van der Waals surface area contributed by atoms with Crippen LogP contribution in [0.1, 0.15) is 0 Å². The van der Waals surface area contributed by atoms with Gasteiger partial charge in [-0.05, 0) is 12.1 Å². The Morgan fingerprint density at radius 2 is 2.00 bits per heavy atom. The van der Waals surface area contributed by atoms with Crippen LogP contribution in [0.4, 0.5) is 0 Å². The molecule has 1 atom stereocenters. The van der Waals surface area contributed by atoms with Gasteiger partial charge in [0.1, 0.15) is 5.75 Å². The molecule has 1 unspecified atom stereocenters. The maximum atomic E-state index is 11.1. The number of carbonyl (C=O) groups excluding carboxylic acids is 2. The number of benzene rings is 1. The Kier molecular flexibility index (Phi) is 4.15. The molecular weight excluding hydrogens is 200 g/mol. The summed E-state index contributed by atoms with van der Waals surface area (Å²) in [5.74, 6) is -0.360. The normalized spacial score (nSPS) is 11.3. The lowest BCUT2D eigenvalue weighted by Crippen LogP contribution is -2.31. The van der Waals surface area contributed by atoms with Gasteiger partial charge in [-0.1, -0.05) is 18.2 Å². The van der Waals surface area contributed by atoms with Crippen molar-refractivity contribution in [2.45, 2.75) is 6.29 Å². The molecule has 0 aromatic heterocycles.